The lowest BCUT2D eigenvalue weighted by Gasteiger charge is -2.34. The van der Waals surface area contributed by atoms with Crippen molar-refractivity contribution in [1.29, 1.82) is 0 Å². The van der Waals surface area contributed by atoms with Gasteiger partial charge < -0.3 is 9.64 Å². The van der Waals surface area contributed by atoms with E-state index in [2.05, 4.69) is 10.1 Å². The van der Waals surface area contributed by atoms with Crippen molar-refractivity contribution in [2.75, 3.05) is 19.7 Å². The number of likely N-dealkylation sites (tertiary alicyclic amines) is 1. The van der Waals surface area contributed by atoms with Crippen molar-refractivity contribution in [2.45, 2.75) is 32.7 Å². The molecule has 3 heterocycles. The van der Waals surface area contributed by atoms with Gasteiger partial charge in [0, 0.05) is 18.7 Å². The number of ether oxygens (including phenoxy) is 1. The number of aryl methyl sites for hydroxylation is 2. The number of fused-ring (bicyclic) bond motifs is 1. The molecule has 1 aromatic heterocycles. The number of rotatable bonds is 2. The van der Waals surface area contributed by atoms with Gasteiger partial charge in [-0.05, 0) is 38.8 Å². The Morgan fingerprint density at radius 3 is 2.92 bits per heavy atom. The van der Waals surface area contributed by atoms with Crippen molar-refractivity contribution < 1.29 is 9.53 Å². The summed E-state index contributed by atoms with van der Waals surface area (Å²) >= 11 is 0. The van der Waals surface area contributed by atoms with Crippen LogP contribution in [0.4, 0.5) is 0 Å². The molecule has 1 unspecified atom stereocenters. The summed E-state index contributed by atoms with van der Waals surface area (Å²) in [5, 5.41) is 4.50. The molecule has 1 saturated heterocycles. The van der Waals surface area contributed by atoms with Crippen LogP contribution >= 0.6 is 0 Å². The number of hydrogen-bond acceptors (Lipinski definition) is 4. The Hall–Kier alpha value is -2.63. The fourth-order valence-electron chi connectivity index (χ4n) is 3.66. The van der Waals surface area contributed by atoms with Gasteiger partial charge in [0.15, 0.2) is 0 Å². The highest BCUT2D eigenvalue weighted by atomic mass is 16.5. The molecule has 2 aliphatic rings. The first-order valence-electron chi connectivity index (χ1n) is 8.73. The molecular formula is C19H22N4O2. The minimum atomic E-state index is 0.0636. The summed E-state index contributed by atoms with van der Waals surface area (Å²) < 4.78 is 7.71. The molecular weight excluding hydrogens is 316 g/mol. The summed E-state index contributed by atoms with van der Waals surface area (Å²) in [7, 11) is 0. The second kappa shape index (κ2) is 6.35. The van der Waals surface area contributed by atoms with E-state index in [9.17, 15) is 4.79 Å². The van der Waals surface area contributed by atoms with Crippen molar-refractivity contribution in [1.82, 2.24) is 19.7 Å². The number of amides is 1. The second-order valence-electron chi connectivity index (χ2n) is 6.69. The minimum Gasteiger partial charge on any atom is -0.488 e. The van der Waals surface area contributed by atoms with Crippen LogP contribution in [0.2, 0.25) is 0 Å². The molecule has 0 spiro atoms. The molecule has 0 aliphatic carbocycles. The van der Waals surface area contributed by atoms with Gasteiger partial charge in [0.05, 0.1) is 11.6 Å². The SMILES string of the molecule is Cc1nc(C)n(C2CCCN(C(=O)C3=Cc4ccccc4OC3)C2)n1. The molecule has 6 heteroatoms. The number of carbonyl (C=O) groups is 1. The van der Waals surface area contributed by atoms with Crippen molar-refractivity contribution in [3.63, 3.8) is 0 Å². The van der Waals surface area contributed by atoms with Crippen molar-refractivity contribution >= 4 is 12.0 Å². The predicted octanol–water partition coefficient (Wildman–Crippen LogP) is 2.53. The fraction of sp³-hybridized carbons (Fsp3) is 0.421. The van der Waals surface area contributed by atoms with Gasteiger partial charge >= 0.3 is 0 Å². The lowest BCUT2D eigenvalue weighted by atomic mass is 10.0. The van der Waals surface area contributed by atoms with E-state index < -0.39 is 0 Å². The summed E-state index contributed by atoms with van der Waals surface area (Å²) in [6.07, 6.45) is 3.95. The van der Waals surface area contributed by atoms with Gasteiger partial charge in [-0.15, -0.1) is 0 Å². The van der Waals surface area contributed by atoms with E-state index in [0.29, 0.717) is 18.7 Å². The third-order valence-corrected chi connectivity index (χ3v) is 4.84. The molecule has 6 nitrogen and oxygen atoms in total. The normalized spacial score (nSPS) is 19.8. The summed E-state index contributed by atoms with van der Waals surface area (Å²) in [4.78, 5) is 19.3. The molecule has 130 valence electrons. The number of carbonyl (C=O) groups excluding carboxylic acids is 1. The lowest BCUT2D eigenvalue weighted by molar-refractivity contribution is -0.129. The number of benzene rings is 1. The molecule has 4 rings (SSSR count). The molecule has 0 bridgehead atoms. The zero-order chi connectivity index (χ0) is 17.4. The molecule has 0 saturated carbocycles. The van der Waals surface area contributed by atoms with Crippen LogP contribution in [-0.4, -0.2) is 45.3 Å². The van der Waals surface area contributed by atoms with Crippen LogP contribution < -0.4 is 4.74 Å². The Kier molecular flexibility index (Phi) is 4.03. The first-order chi connectivity index (χ1) is 12.1. The zero-order valence-electron chi connectivity index (χ0n) is 14.6. The number of para-hydroxylation sites is 1. The highest BCUT2D eigenvalue weighted by Crippen LogP contribution is 2.28. The monoisotopic (exact) mass is 338 g/mol. The Balaban J connectivity index is 1.53. The maximum Gasteiger partial charge on any atom is 0.253 e. The minimum absolute atomic E-state index is 0.0636. The number of hydrogen-bond donors (Lipinski definition) is 0. The van der Waals surface area contributed by atoms with Gasteiger partial charge in [-0.1, -0.05) is 18.2 Å². The first-order valence-corrected chi connectivity index (χ1v) is 8.73. The van der Waals surface area contributed by atoms with E-state index in [0.717, 1.165) is 42.3 Å². The summed E-state index contributed by atoms with van der Waals surface area (Å²) in [6.45, 7) is 5.65. The Morgan fingerprint density at radius 2 is 2.12 bits per heavy atom. The molecule has 0 radical (unpaired) electrons. The van der Waals surface area contributed by atoms with Gasteiger partial charge in [0.2, 0.25) is 0 Å². The third-order valence-electron chi connectivity index (χ3n) is 4.84. The topological polar surface area (TPSA) is 60.2 Å². The van der Waals surface area contributed by atoms with Gasteiger partial charge in [-0.2, -0.15) is 5.10 Å². The molecule has 1 amide bonds. The summed E-state index contributed by atoms with van der Waals surface area (Å²) in [6, 6.07) is 7.99. The lowest BCUT2D eigenvalue weighted by Crippen LogP contribution is -2.42. The van der Waals surface area contributed by atoms with Crippen LogP contribution in [0.5, 0.6) is 5.75 Å². The van der Waals surface area contributed by atoms with E-state index in [1.54, 1.807) is 0 Å². The van der Waals surface area contributed by atoms with Crippen LogP contribution in [-0.2, 0) is 4.79 Å². The Labute approximate surface area is 147 Å². The van der Waals surface area contributed by atoms with Gasteiger partial charge in [0.25, 0.3) is 5.91 Å². The van der Waals surface area contributed by atoms with Crippen LogP contribution in [0.25, 0.3) is 6.08 Å². The van der Waals surface area contributed by atoms with Gasteiger partial charge in [-0.3, -0.25) is 4.79 Å². The highest BCUT2D eigenvalue weighted by molar-refractivity contribution is 5.99. The van der Waals surface area contributed by atoms with Crippen LogP contribution in [0.15, 0.2) is 29.8 Å². The van der Waals surface area contributed by atoms with Crippen LogP contribution in [0, 0.1) is 13.8 Å². The molecule has 1 fully saturated rings. The zero-order valence-corrected chi connectivity index (χ0v) is 14.6. The van der Waals surface area contributed by atoms with Gasteiger partial charge in [-0.25, -0.2) is 9.67 Å². The largest absolute Gasteiger partial charge is 0.488 e. The molecule has 0 N–H and O–H groups in total. The number of nitrogens with zero attached hydrogens (tertiary/aromatic N) is 4. The van der Waals surface area contributed by atoms with Crippen molar-refractivity contribution in [2.24, 2.45) is 0 Å². The van der Waals surface area contributed by atoms with Crippen molar-refractivity contribution in [3.8, 4) is 5.75 Å². The molecule has 2 aromatic rings. The Morgan fingerprint density at radius 1 is 1.28 bits per heavy atom. The Bertz CT molecular complexity index is 840. The molecule has 1 aromatic carbocycles. The standard InChI is InChI=1S/C19H22N4O2/c1-13-20-14(2)23(21-13)17-7-5-9-22(11-17)19(24)16-10-15-6-3-4-8-18(15)25-12-16/h3-4,6,8,10,17H,5,7,9,11-12H2,1-2H3. The fourth-order valence-corrected chi connectivity index (χ4v) is 3.66. The quantitative estimate of drug-likeness (QED) is 0.844. The molecule has 1 atom stereocenters. The van der Waals surface area contributed by atoms with E-state index in [4.69, 9.17) is 4.74 Å². The third kappa shape index (κ3) is 3.04. The highest BCUT2D eigenvalue weighted by Gasteiger charge is 2.29. The number of piperidine rings is 1. The van der Waals surface area contributed by atoms with Crippen LogP contribution in [0.3, 0.4) is 0 Å². The molecule has 2 aliphatic heterocycles. The van der Waals surface area contributed by atoms with E-state index in [1.165, 1.54) is 0 Å². The van der Waals surface area contributed by atoms with Gasteiger partial charge in [0.1, 0.15) is 24.0 Å². The average Bonchev–Trinajstić information content (AvgIpc) is 2.99. The first kappa shape index (κ1) is 15.9. The average molecular weight is 338 g/mol. The maximum absolute atomic E-state index is 13.0. The smallest absolute Gasteiger partial charge is 0.253 e. The maximum atomic E-state index is 13.0. The predicted molar refractivity (Wildman–Crippen MR) is 94.3 cm³/mol. The summed E-state index contributed by atoms with van der Waals surface area (Å²) in [5.41, 5.74) is 1.68. The van der Waals surface area contributed by atoms with E-state index in [-0.39, 0.29) is 11.9 Å². The van der Waals surface area contributed by atoms with Crippen LogP contribution in [0.1, 0.15) is 36.1 Å². The summed E-state index contributed by atoms with van der Waals surface area (Å²) in [5.74, 6) is 2.59. The second-order valence-corrected chi connectivity index (χ2v) is 6.69. The van der Waals surface area contributed by atoms with Crippen molar-refractivity contribution in [3.05, 3.63) is 47.1 Å². The van der Waals surface area contributed by atoms with E-state index in [1.807, 2.05) is 53.8 Å². The number of aromatic nitrogens is 3. The molecule has 25 heavy (non-hydrogen) atoms. The van der Waals surface area contributed by atoms with E-state index >= 15 is 0 Å².